The third-order valence-corrected chi connectivity index (χ3v) is 4.80. The maximum Gasteiger partial charge on any atom is 0.433 e. The first-order valence-corrected chi connectivity index (χ1v) is 7.84. The molecule has 10 heteroatoms. The van der Waals surface area contributed by atoms with Crippen LogP contribution in [0.4, 0.5) is 18.9 Å². The second-order valence-electron chi connectivity index (χ2n) is 4.65. The van der Waals surface area contributed by atoms with E-state index in [0.717, 1.165) is 17.6 Å². The fourth-order valence-electron chi connectivity index (χ4n) is 1.54. The van der Waals surface area contributed by atoms with Gasteiger partial charge in [0.15, 0.2) is 0 Å². The largest absolute Gasteiger partial charge is 0.494 e. The molecule has 0 fully saturated rings. The van der Waals surface area contributed by atoms with Gasteiger partial charge in [0.05, 0.1) is 13.3 Å². The lowest BCUT2D eigenvalue weighted by Crippen LogP contribution is -2.38. The van der Waals surface area contributed by atoms with Gasteiger partial charge in [-0.25, -0.2) is 4.98 Å². The van der Waals surface area contributed by atoms with Crippen molar-refractivity contribution in [2.75, 3.05) is 18.9 Å². The normalized spacial score (nSPS) is 14.0. The van der Waals surface area contributed by atoms with E-state index in [-0.39, 0.29) is 17.5 Å². The van der Waals surface area contributed by atoms with Crippen LogP contribution < -0.4 is 9.46 Å². The molecule has 1 rings (SSSR count). The Labute approximate surface area is 127 Å². The summed E-state index contributed by atoms with van der Waals surface area (Å²) in [6.07, 6.45) is -3.28. The molecule has 0 spiro atoms. The maximum atomic E-state index is 12.6. The Morgan fingerprint density at radius 2 is 2.05 bits per heavy atom. The number of pyridine rings is 1. The van der Waals surface area contributed by atoms with Crippen LogP contribution in [-0.4, -0.2) is 37.9 Å². The van der Waals surface area contributed by atoms with Gasteiger partial charge in [-0.15, -0.1) is 0 Å². The van der Waals surface area contributed by atoms with Gasteiger partial charge in [0, 0.05) is 19.2 Å². The van der Waals surface area contributed by atoms with Gasteiger partial charge in [0.25, 0.3) is 0 Å². The molecular formula is C12H18F3N3O3S. The fraction of sp³-hybridized carbons (Fsp3) is 0.583. The van der Waals surface area contributed by atoms with Gasteiger partial charge >= 0.3 is 16.4 Å². The highest BCUT2D eigenvalue weighted by atomic mass is 32.2. The van der Waals surface area contributed by atoms with Gasteiger partial charge in [-0.1, -0.05) is 6.92 Å². The molecule has 126 valence electrons. The molecule has 0 amide bonds. The first-order chi connectivity index (χ1) is 10.0. The van der Waals surface area contributed by atoms with Crippen molar-refractivity contribution in [3.63, 3.8) is 0 Å². The van der Waals surface area contributed by atoms with E-state index in [1.54, 1.807) is 6.92 Å². The third kappa shape index (κ3) is 4.23. The van der Waals surface area contributed by atoms with E-state index in [4.69, 9.17) is 4.74 Å². The molecular weight excluding hydrogens is 323 g/mol. The zero-order chi connectivity index (χ0) is 17.1. The fourth-order valence-corrected chi connectivity index (χ4v) is 2.74. The average Bonchev–Trinajstić information content (AvgIpc) is 2.44. The summed E-state index contributed by atoms with van der Waals surface area (Å²) in [6.45, 7) is 3.53. The van der Waals surface area contributed by atoms with Crippen LogP contribution >= 0.6 is 0 Å². The lowest BCUT2D eigenvalue weighted by atomic mass is 10.3. The van der Waals surface area contributed by atoms with Crippen molar-refractivity contribution in [3.05, 3.63) is 18.0 Å². The van der Waals surface area contributed by atoms with Crippen LogP contribution in [0.3, 0.4) is 0 Å². The molecule has 1 aromatic heterocycles. The molecule has 1 aromatic rings. The van der Waals surface area contributed by atoms with Crippen LogP contribution in [0.5, 0.6) is 5.75 Å². The monoisotopic (exact) mass is 341 g/mol. The summed E-state index contributed by atoms with van der Waals surface area (Å²) in [5, 5.41) is 0. The van der Waals surface area contributed by atoms with Crippen molar-refractivity contribution in [2.24, 2.45) is 0 Å². The van der Waals surface area contributed by atoms with Crippen LogP contribution in [0.2, 0.25) is 0 Å². The summed E-state index contributed by atoms with van der Waals surface area (Å²) in [5.74, 6) is -0.261. The molecule has 1 heterocycles. The van der Waals surface area contributed by atoms with Gasteiger partial charge in [-0.3, -0.25) is 4.72 Å². The molecule has 0 radical (unpaired) electrons. The van der Waals surface area contributed by atoms with Crippen LogP contribution in [-0.2, 0) is 16.4 Å². The smallest absolute Gasteiger partial charge is 0.433 e. The topological polar surface area (TPSA) is 71.5 Å². The Kier molecular flexibility index (Phi) is 5.63. The predicted octanol–water partition coefficient (Wildman–Crippen LogP) is 2.50. The Morgan fingerprint density at radius 1 is 1.45 bits per heavy atom. The SMILES string of the molecule is CCC(C)N(C)S(=O)(=O)Nc1cnc(C(F)(F)F)cc1OC. The summed E-state index contributed by atoms with van der Waals surface area (Å²) < 4.78 is 70.2. The standard InChI is InChI=1S/C12H18F3N3O3S/c1-5-8(2)18(3)22(19,20)17-9-7-16-11(12(13,14)15)6-10(9)21-4/h6-8,17H,5H2,1-4H3. The number of aromatic nitrogens is 1. The number of hydrogen-bond acceptors (Lipinski definition) is 4. The molecule has 1 N–H and O–H groups in total. The summed E-state index contributed by atoms with van der Waals surface area (Å²) in [6, 6.07) is 0.368. The zero-order valence-electron chi connectivity index (χ0n) is 12.6. The molecule has 22 heavy (non-hydrogen) atoms. The number of rotatable bonds is 6. The van der Waals surface area contributed by atoms with Crippen molar-refractivity contribution in [1.82, 2.24) is 9.29 Å². The van der Waals surface area contributed by atoms with Crippen molar-refractivity contribution < 1.29 is 26.3 Å². The molecule has 0 aliphatic heterocycles. The number of methoxy groups -OCH3 is 1. The highest BCUT2D eigenvalue weighted by molar-refractivity contribution is 7.90. The van der Waals surface area contributed by atoms with Crippen molar-refractivity contribution in [3.8, 4) is 5.75 Å². The van der Waals surface area contributed by atoms with Gasteiger partial charge in [-0.05, 0) is 13.3 Å². The molecule has 1 atom stereocenters. The van der Waals surface area contributed by atoms with E-state index in [2.05, 4.69) is 9.71 Å². The molecule has 0 saturated carbocycles. The van der Waals surface area contributed by atoms with E-state index in [0.29, 0.717) is 12.5 Å². The van der Waals surface area contributed by atoms with E-state index < -0.39 is 22.1 Å². The minimum Gasteiger partial charge on any atom is -0.494 e. The van der Waals surface area contributed by atoms with Crippen LogP contribution in [0, 0.1) is 0 Å². The van der Waals surface area contributed by atoms with Gasteiger partial charge in [-0.2, -0.15) is 25.9 Å². The highest BCUT2D eigenvalue weighted by Gasteiger charge is 2.34. The summed E-state index contributed by atoms with van der Waals surface area (Å²) in [5.41, 5.74) is -1.33. The van der Waals surface area contributed by atoms with Crippen molar-refractivity contribution >= 4 is 15.9 Å². The van der Waals surface area contributed by atoms with Gasteiger partial charge in [0.2, 0.25) is 0 Å². The predicted molar refractivity (Wildman–Crippen MR) is 75.8 cm³/mol. The Bertz CT molecular complexity index is 620. The van der Waals surface area contributed by atoms with Crippen molar-refractivity contribution in [1.29, 1.82) is 0 Å². The molecule has 1 unspecified atom stereocenters. The molecule has 0 saturated heterocycles. The third-order valence-electron chi connectivity index (χ3n) is 3.21. The number of nitrogens with zero attached hydrogens (tertiary/aromatic N) is 2. The number of hydrogen-bond donors (Lipinski definition) is 1. The zero-order valence-corrected chi connectivity index (χ0v) is 13.4. The first-order valence-electron chi connectivity index (χ1n) is 6.40. The van der Waals surface area contributed by atoms with Crippen LogP contribution in [0.15, 0.2) is 12.3 Å². The number of halogens is 3. The maximum absolute atomic E-state index is 12.6. The number of ether oxygens (including phenoxy) is 1. The van der Waals surface area contributed by atoms with Gasteiger partial charge in [0.1, 0.15) is 17.1 Å². The first kappa shape index (κ1) is 18.5. The summed E-state index contributed by atoms with van der Waals surface area (Å²) >= 11 is 0. The second-order valence-corrected chi connectivity index (χ2v) is 6.38. The van der Waals surface area contributed by atoms with Crippen molar-refractivity contribution in [2.45, 2.75) is 32.5 Å². The number of alkyl halides is 3. The van der Waals surface area contributed by atoms with E-state index in [9.17, 15) is 21.6 Å². The minimum atomic E-state index is -4.64. The van der Waals surface area contributed by atoms with Crippen LogP contribution in [0.25, 0.3) is 0 Å². The van der Waals surface area contributed by atoms with E-state index in [1.165, 1.54) is 7.05 Å². The molecule has 0 aromatic carbocycles. The Balaban J connectivity index is 3.13. The molecule has 0 aliphatic carbocycles. The highest BCUT2D eigenvalue weighted by Crippen LogP contribution is 2.33. The number of anilines is 1. The second kappa shape index (κ2) is 6.69. The summed E-state index contributed by atoms with van der Waals surface area (Å²) in [7, 11) is -1.40. The quantitative estimate of drug-likeness (QED) is 0.863. The molecule has 6 nitrogen and oxygen atoms in total. The lowest BCUT2D eigenvalue weighted by molar-refractivity contribution is -0.141. The summed E-state index contributed by atoms with van der Waals surface area (Å²) in [4.78, 5) is 3.22. The molecule has 0 aliphatic rings. The van der Waals surface area contributed by atoms with E-state index in [1.807, 2.05) is 6.92 Å². The lowest BCUT2D eigenvalue weighted by Gasteiger charge is -2.24. The van der Waals surface area contributed by atoms with Gasteiger partial charge < -0.3 is 4.74 Å². The Morgan fingerprint density at radius 3 is 2.50 bits per heavy atom. The molecule has 0 bridgehead atoms. The van der Waals surface area contributed by atoms with Crippen LogP contribution in [0.1, 0.15) is 26.0 Å². The van der Waals surface area contributed by atoms with E-state index >= 15 is 0 Å². The minimum absolute atomic E-state index is 0.161. The average molecular weight is 341 g/mol. The number of nitrogens with one attached hydrogen (secondary N) is 1. The Hall–Kier alpha value is -1.55.